The molecule has 1 heterocycles. The lowest BCUT2D eigenvalue weighted by Crippen LogP contribution is -2.13. The van der Waals surface area contributed by atoms with Gasteiger partial charge in [0.05, 0.1) is 5.69 Å². The van der Waals surface area contributed by atoms with Crippen LogP contribution in [-0.4, -0.2) is 29.2 Å². The van der Waals surface area contributed by atoms with E-state index in [9.17, 15) is 5.11 Å². The maximum Gasteiger partial charge on any atom is 0.225 e. The summed E-state index contributed by atoms with van der Waals surface area (Å²) in [6.07, 6.45) is 0. The summed E-state index contributed by atoms with van der Waals surface area (Å²) in [5.41, 5.74) is 2.04. The molecular formula is C13H15N3O. The fourth-order valence-corrected chi connectivity index (χ4v) is 1.55. The highest BCUT2D eigenvalue weighted by atomic mass is 16.3. The second kappa shape index (κ2) is 4.41. The van der Waals surface area contributed by atoms with Gasteiger partial charge in [0.1, 0.15) is 5.69 Å². The molecule has 0 radical (unpaired) electrons. The van der Waals surface area contributed by atoms with Crippen LogP contribution in [0.15, 0.2) is 30.3 Å². The maximum absolute atomic E-state index is 10.0. The van der Waals surface area contributed by atoms with Crippen LogP contribution in [0.2, 0.25) is 0 Å². The molecule has 2 aromatic rings. The second-order valence-electron chi connectivity index (χ2n) is 4.07. The van der Waals surface area contributed by atoms with Gasteiger partial charge in [-0.25, -0.2) is 9.97 Å². The molecule has 0 saturated carbocycles. The third kappa shape index (κ3) is 2.20. The summed E-state index contributed by atoms with van der Waals surface area (Å²) in [7, 11) is 3.75. The van der Waals surface area contributed by atoms with E-state index < -0.39 is 0 Å². The minimum Gasteiger partial charge on any atom is -0.504 e. The molecule has 0 aliphatic rings. The van der Waals surface area contributed by atoms with Gasteiger partial charge in [0, 0.05) is 19.7 Å². The molecule has 17 heavy (non-hydrogen) atoms. The minimum absolute atomic E-state index is 0.141. The van der Waals surface area contributed by atoms with Crippen molar-refractivity contribution in [1.82, 2.24) is 9.97 Å². The van der Waals surface area contributed by atoms with Gasteiger partial charge >= 0.3 is 0 Å². The second-order valence-corrected chi connectivity index (χ2v) is 4.07. The standard InChI is InChI=1S/C13H15N3O/c1-9-12(17)11(10-7-5-4-6-8-10)15-13(14-9)16(2)3/h4-8,17H,1-3H3. The highest BCUT2D eigenvalue weighted by Gasteiger charge is 2.12. The number of aromatic hydroxyl groups is 1. The van der Waals surface area contributed by atoms with Crippen molar-refractivity contribution in [1.29, 1.82) is 0 Å². The summed E-state index contributed by atoms with van der Waals surface area (Å²) >= 11 is 0. The Balaban J connectivity index is 2.61. The molecular weight excluding hydrogens is 214 g/mol. The zero-order valence-electron chi connectivity index (χ0n) is 10.2. The average Bonchev–Trinajstić information content (AvgIpc) is 2.33. The minimum atomic E-state index is 0.141. The first kappa shape index (κ1) is 11.4. The fourth-order valence-electron chi connectivity index (χ4n) is 1.55. The SMILES string of the molecule is Cc1nc(N(C)C)nc(-c2ccccc2)c1O. The largest absolute Gasteiger partial charge is 0.504 e. The van der Waals surface area contributed by atoms with Crippen molar-refractivity contribution in [2.24, 2.45) is 0 Å². The van der Waals surface area contributed by atoms with Crippen molar-refractivity contribution in [2.75, 3.05) is 19.0 Å². The van der Waals surface area contributed by atoms with Gasteiger partial charge in [-0.2, -0.15) is 0 Å². The van der Waals surface area contributed by atoms with Crippen molar-refractivity contribution in [3.05, 3.63) is 36.0 Å². The van der Waals surface area contributed by atoms with Gasteiger partial charge < -0.3 is 10.0 Å². The van der Waals surface area contributed by atoms with Gasteiger partial charge in [-0.05, 0) is 6.92 Å². The Hall–Kier alpha value is -2.10. The molecule has 4 heteroatoms. The third-order valence-electron chi connectivity index (χ3n) is 2.49. The third-order valence-corrected chi connectivity index (χ3v) is 2.49. The molecule has 0 saturated heterocycles. The van der Waals surface area contributed by atoms with E-state index in [4.69, 9.17) is 0 Å². The van der Waals surface area contributed by atoms with Crippen molar-refractivity contribution in [3.63, 3.8) is 0 Å². The van der Waals surface area contributed by atoms with E-state index in [1.165, 1.54) is 0 Å². The van der Waals surface area contributed by atoms with Crippen LogP contribution in [0.1, 0.15) is 5.69 Å². The van der Waals surface area contributed by atoms with E-state index in [0.29, 0.717) is 17.3 Å². The first-order valence-corrected chi connectivity index (χ1v) is 5.40. The van der Waals surface area contributed by atoms with Crippen LogP contribution in [0.3, 0.4) is 0 Å². The summed E-state index contributed by atoms with van der Waals surface area (Å²) in [5, 5.41) is 10.0. The molecule has 1 aromatic heterocycles. The van der Waals surface area contributed by atoms with Gasteiger partial charge in [-0.1, -0.05) is 30.3 Å². The molecule has 0 fully saturated rings. The Kier molecular flexibility index (Phi) is 2.95. The Morgan fingerprint density at radius 2 is 1.71 bits per heavy atom. The average molecular weight is 229 g/mol. The monoisotopic (exact) mass is 229 g/mol. The van der Waals surface area contributed by atoms with E-state index in [-0.39, 0.29) is 5.75 Å². The molecule has 1 aromatic carbocycles. The van der Waals surface area contributed by atoms with Crippen molar-refractivity contribution < 1.29 is 5.11 Å². The summed E-state index contributed by atoms with van der Waals surface area (Å²) in [5.74, 6) is 0.737. The number of benzene rings is 1. The first-order chi connectivity index (χ1) is 8.09. The van der Waals surface area contributed by atoms with Crippen molar-refractivity contribution >= 4 is 5.95 Å². The smallest absolute Gasteiger partial charge is 0.225 e. The number of aryl methyl sites for hydroxylation is 1. The van der Waals surface area contributed by atoms with Crippen molar-refractivity contribution in [3.8, 4) is 17.0 Å². The Bertz CT molecular complexity index is 524. The van der Waals surface area contributed by atoms with Gasteiger partial charge in [0.2, 0.25) is 5.95 Å². The summed E-state index contributed by atoms with van der Waals surface area (Å²) < 4.78 is 0. The molecule has 4 nitrogen and oxygen atoms in total. The van der Waals surface area contributed by atoms with Crippen LogP contribution >= 0.6 is 0 Å². The number of nitrogens with zero attached hydrogens (tertiary/aromatic N) is 3. The van der Waals surface area contributed by atoms with Crippen molar-refractivity contribution in [2.45, 2.75) is 6.92 Å². The Morgan fingerprint density at radius 1 is 1.06 bits per heavy atom. The quantitative estimate of drug-likeness (QED) is 0.857. The van der Waals surface area contributed by atoms with E-state index in [1.807, 2.05) is 49.3 Å². The topological polar surface area (TPSA) is 49.2 Å². The molecule has 1 N–H and O–H groups in total. The van der Waals surface area contributed by atoms with Gasteiger partial charge in [-0.15, -0.1) is 0 Å². The predicted molar refractivity (Wildman–Crippen MR) is 68.2 cm³/mol. The molecule has 0 aliphatic heterocycles. The van der Waals surface area contributed by atoms with Crippen LogP contribution in [-0.2, 0) is 0 Å². The first-order valence-electron chi connectivity index (χ1n) is 5.40. The lowest BCUT2D eigenvalue weighted by atomic mass is 10.1. The molecule has 0 aliphatic carbocycles. The summed E-state index contributed by atoms with van der Waals surface area (Å²) in [6.45, 7) is 1.77. The molecule has 0 spiro atoms. The number of hydrogen-bond donors (Lipinski definition) is 1. The van der Waals surface area contributed by atoms with E-state index >= 15 is 0 Å². The lowest BCUT2D eigenvalue weighted by Gasteiger charge is -2.14. The number of aromatic nitrogens is 2. The van der Waals surface area contributed by atoms with E-state index in [1.54, 1.807) is 6.92 Å². The normalized spacial score (nSPS) is 10.3. The van der Waals surface area contributed by atoms with Crippen LogP contribution < -0.4 is 4.90 Å². The van der Waals surface area contributed by atoms with Crippen LogP contribution in [0.4, 0.5) is 5.95 Å². The van der Waals surface area contributed by atoms with E-state index in [2.05, 4.69) is 9.97 Å². The molecule has 0 bridgehead atoms. The zero-order chi connectivity index (χ0) is 12.4. The summed E-state index contributed by atoms with van der Waals surface area (Å²) in [6, 6.07) is 9.60. The Morgan fingerprint density at radius 3 is 2.29 bits per heavy atom. The maximum atomic E-state index is 10.0. The van der Waals surface area contributed by atoms with Gasteiger partial charge in [0.15, 0.2) is 5.75 Å². The lowest BCUT2D eigenvalue weighted by molar-refractivity contribution is 0.467. The molecule has 0 amide bonds. The highest BCUT2D eigenvalue weighted by molar-refractivity contribution is 5.68. The predicted octanol–water partition coefficient (Wildman–Crippen LogP) is 2.22. The highest BCUT2D eigenvalue weighted by Crippen LogP contribution is 2.30. The van der Waals surface area contributed by atoms with Crippen LogP contribution in [0.5, 0.6) is 5.75 Å². The number of anilines is 1. The Labute approximate surface area is 101 Å². The number of hydrogen-bond acceptors (Lipinski definition) is 4. The molecule has 2 rings (SSSR count). The van der Waals surface area contributed by atoms with Crippen LogP contribution in [0.25, 0.3) is 11.3 Å². The number of rotatable bonds is 2. The van der Waals surface area contributed by atoms with E-state index in [0.717, 1.165) is 5.56 Å². The molecule has 0 atom stereocenters. The van der Waals surface area contributed by atoms with Gasteiger partial charge in [-0.3, -0.25) is 0 Å². The molecule has 88 valence electrons. The van der Waals surface area contributed by atoms with Gasteiger partial charge in [0.25, 0.3) is 0 Å². The fraction of sp³-hybridized carbons (Fsp3) is 0.231. The molecule has 0 unspecified atom stereocenters. The van der Waals surface area contributed by atoms with Crippen LogP contribution in [0, 0.1) is 6.92 Å². The summed E-state index contributed by atoms with van der Waals surface area (Å²) in [4.78, 5) is 10.4. The zero-order valence-corrected chi connectivity index (χ0v) is 10.2.